The Kier molecular flexibility index (Phi) is 47.6. The third kappa shape index (κ3) is 47.8. The van der Waals surface area contributed by atoms with Crippen molar-refractivity contribution in [3.05, 3.63) is 0 Å². The van der Waals surface area contributed by atoms with Crippen LogP contribution in [0.5, 0.6) is 0 Å². The minimum Gasteiger partial charge on any atom is -0.396 e. The normalized spacial score (nSPS) is 11.6. The molecule has 0 aromatic carbocycles. The number of unbranched alkanes of at least 4 members (excludes halogenated alkanes) is 38. The molecule has 0 rings (SSSR count). The van der Waals surface area contributed by atoms with E-state index >= 15 is 0 Å². The summed E-state index contributed by atoms with van der Waals surface area (Å²) in [5, 5.41) is 17.6. The van der Waals surface area contributed by atoms with Gasteiger partial charge in [-0.15, -0.1) is 0 Å². The zero-order valence-electron chi connectivity index (χ0n) is 33.3. The summed E-state index contributed by atoms with van der Waals surface area (Å²) in [5.41, 5.74) is 2.70. The first-order valence-electron chi connectivity index (χ1n) is 22.6. The van der Waals surface area contributed by atoms with Crippen LogP contribution in [-0.2, 0) is 9.68 Å². The number of nitrogens with one attached hydrogen (secondary N) is 1. The zero-order valence-corrected chi connectivity index (χ0v) is 33.3. The maximum absolute atomic E-state index is 8.80. The summed E-state index contributed by atoms with van der Waals surface area (Å²) in [5.74, 6) is 0. The molecule has 0 heterocycles. The van der Waals surface area contributed by atoms with Gasteiger partial charge in [-0.25, -0.2) is 0 Å². The minimum atomic E-state index is 0.364. The van der Waals surface area contributed by atoms with Crippen molar-refractivity contribution >= 4 is 0 Å². The second kappa shape index (κ2) is 47.8. The molecule has 0 aliphatic rings. The molecule has 0 amide bonds. The predicted molar refractivity (Wildman–Crippen MR) is 214 cm³/mol. The molecule has 0 saturated heterocycles. The molecule has 296 valence electrons. The molecule has 0 aliphatic carbocycles. The van der Waals surface area contributed by atoms with Crippen LogP contribution >= 0.6 is 0 Å². The quantitative estimate of drug-likeness (QED) is 0.0436. The highest BCUT2D eigenvalue weighted by molar-refractivity contribution is 4.53. The summed E-state index contributed by atoms with van der Waals surface area (Å²) in [6.45, 7) is 2.23. The van der Waals surface area contributed by atoms with Gasteiger partial charge in [0, 0.05) is 13.2 Å². The van der Waals surface area contributed by atoms with E-state index < -0.39 is 0 Å². The smallest absolute Gasteiger partial charge is 0.0709 e. The van der Waals surface area contributed by atoms with E-state index in [4.69, 9.17) is 19.9 Å². The van der Waals surface area contributed by atoms with Gasteiger partial charge in [0.2, 0.25) is 0 Å². The van der Waals surface area contributed by atoms with Gasteiger partial charge in [-0.05, 0) is 25.7 Å². The summed E-state index contributed by atoms with van der Waals surface area (Å²) in [7, 11) is 0. The molecule has 0 unspecified atom stereocenters. The van der Waals surface area contributed by atoms with Crippen molar-refractivity contribution < 1.29 is 19.9 Å². The van der Waals surface area contributed by atoms with E-state index in [1.54, 1.807) is 0 Å². The highest BCUT2D eigenvalue weighted by atomic mass is 16.9. The van der Waals surface area contributed by atoms with E-state index in [0.29, 0.717) is 13.2 Å². The topological polar surface area (TPSA) is 71.0 Å². The maximum Gasteiger partial charge on any atom is 0.0709 e. The van der Waals surface area contributed by atoms with Crippen molar-refractivity contribution in [3.8, 4) is 0 Å². The second-order valence-electron chi connectivity index (χ2n) is 15.4. The van der Waals surface area contributed by atoms with Crippen LogP contribution in [-0.4, -0.2) is 36.6 Å². The fourth-order valence-corrected chi connectivity index (χ4v) is 7.06. The first-order valence-corrected chi connectivity index (χ1v) is 22.6. The molecular formula is C44H91NO4. The average Bonchev–Trinajstić information content (AvgIpc) is 3.11. The van der Waals surface area contributed by atoms with Gasteiger partial charge in [-0.1, -0.05) is 237 Å². The highest BCUT2D eigenvalue weighted by Gasteiger charge is 1.98. The Balaban J connectivity index is 3.04. The van der Waals surface area contributed by atoms with E-state index in [2.05, 4.69) is 5.64 Å². The lowest BCUT2D eigenvalue weighted by Crippen LogP contribution is -2.16. The Morgan fingerprint density at radius 2 is 0.347 bits per heavy atom. The number of aliphatic hydroxyl groups is 2. The summed E-state index contributed by atoms with van der Waals surface area (Å²) >= 11 is 0. The van der Waals surface area contributed by atoms with Crippen molar-refractivity contribution in [2.24, 2.45) is 0 Å². The van der Waals surface area contributed by atoms with Crippen molar-refractivity contribution in [1.29, 1.82) is 0 Å². The third-order valence-corrected chi connectivity index (χ3v) is 10.4. The molecule has 0 aromatic heterocycles. The van der Waals surface area contributed by atoms with E-state index in [1.807, 2.05) is 0 Å². The molecule has 0 bridgehead atoms. The second-order valence-corrected chi connectivity index (χ2v) is 15.4. The minimum absolute atomic E-state index is 0.364. The standard InChI is InChI=1S/C44H91NO4/c46-41-37-33-29-25-21-17-13-9-5-1-3-7-11-15-19-23-27-31-35-39-43-48-45-49-44-40-36-32-28-24-20-16-12-8-4-2-6-10-14-18-22-26-30-34-38-42-47/h45-47H,1-44H2. The molecule has 0 atom stereocenters. The number of hydrogen-bond acceptors (Lipinski definition) is 5. The maximum atomic E-state index is 8.80. The van der Waals surface area contributed by atoms with Gasteiger partial charge in [0.05, 0.1) is 13.2 Å². The summed E-state index contributed by atoms with van der Waals surface area (Å²) < 4.78 is 0. The predicted octanol–water partition coefficient (Wildman–Crippen LogP) is 14.0. The molecule has 3 N–H and O–H groups in total. The summed E-state index contributed by atoms with van der Waals surface area (Å²) in [6, 6.07) is 0. The van der Waals surface area contributed by atoms with Gasteiger partial charge >= 0.3 is 0 Å². The van der Waals surface area contributed by atoms with E-state index in [9.17, 15) is 0 Å². The molecule has 0 radical (unpaired) electrons. The van der Waals surface area contributed by atoms with Crippen LogP contribution in [0.4, 0.5) is 0 Å². The fraction of sp³-hybridized carbons (Fsp3) is 1.00. The number of aliphatic hydroxyl groups excluding tert-OH is 2. The van der Waals surface area contributed by atoms with Crippen molar-refractivity contribution in [2.75, 3.05) is 26.4 Å². The lowest BCUT2D eigenvalue weighted by atomic mass is 10.0. The van der Waals surface area contributed by atoms with E-state index in [-0.39, 0.29) is 0 Å². The molecule has 0 fully saturated rings. The Hall–Kier alpha value is -0.200. The molecular weight excluding hydrogens is 606 g/mol. The first-order chi connectivity index (χ1) is 24.4. The molecule has 0 aliphatic heterocycles. The van der Waals surface area contributed by atoms with Crippen molar-refractivity contribution in [3.63, 3.8) is 0 Å². The van der Waals surface area contributed by atoms with Crippen molar-refractivity contribution in [2.45, 2.75) is 257 Å². The van der Waals surface area contributed by atoms with Crippen molar-refractivity contribution in [1.82, 2.24) is 5.64 Å². The number of hydrogen-bond donors (Lipinski definition) is 3. The Morgan fingerprint density at radius 1 is 0.204 bits per heavy atom. The third-order valence-electron chi connectivity index (χ3n) is 10.4. The van der Waals surface area contributed by atoms with Crippen LogP contribution in [0.15, 0.2) is 0 Å². The van der Waals surface area contributed by atoms with Crippen LogP contribution < -0.4 is 5.64 Å². The molecule has 0 aromatic rings. The van der Waals surface area contributed by atoms with E-state index in [0.717, 1.165) is 38.9 Å². The van der Waals surface area contributed by atoms with Gasteiger partial charge in [0.1, 0.15) is 0 Å². The number of rotatable bonds is 46. The summed E-state index contributed by atoms with van der Waals surface area (Å²) in [4.78, 5) is 10.9. The van der Waals surface area contributed by atoms with Gasteiger partial charge in [-0.2, -0.15) is 0 Å². The zero-order chi connectivity index (χ0) is 35.2. The largest absolute Gasteiger partial charge is 0.396 e. The molecule has 5 nitrogen and oxygen atoms in total. The molecule has 0 spiro atoms. The van der Waals surface area contributed by atoms with Crippen LogP contribution in [0.3, 0.4) is 0 Å². The SMILES string of the molecule is OCCCCCCCCCCCCCCCCCCCCCCONOCCCCCCCCCCCCCCCCCCCCCCO. The monoisotopic (exact) mass is 698 g/mol. The van der Waals surface area contributed by atoms with Crippen LogP contribution in [0.25, 0.3) is 0 Å². The Labute approximate surface area is 308 Å². The fourth-order valence-electron chi connectivity index (χ4n) is 7.06. The molecule has 5 heteroatoms. The first kappa shape index (κ1) is 48.8. The van der Waals surface area contributed by atoms with Gasteiger partial charge < -0.3 is 10.2 Å². The molecule has 0 saturated carbocycles. The molecule has 49 heavy (non-hydrogen) atoms. The lowest BCUT2D eigenvalue weighted by molar-refractivity contribution is -0.171. The van der Waals surface area contributed by atoms with Gasteiger partial charge in [0.15, 0.2) is 0 Å². The Bertz CT molecular complexity index is 503. The van der Waals surface area contributed by atoms with Crippen LogP contribution in [0, 0.1) is 0 Å². The van der Waals surface area contributed by atoms with Crippen LogP contribution in [0.2, 0.25) is 0 Å². The lowest BCUT2D eigenvalue weighted by Gasteiger charge is -2.07. The van der Waals surface area contributed by atoms with Crippen LogP contribution in [0.1, 0.15) is 257 Å². The van der Waals surface area contributed by atoms with Gasteiger partial charge in [-0.3, -0.25) is 9.68 Å². The van der Waals surface area contributed by atoms with Gasteiger partial charge in [0.25, 0.3) is 0 Å². The van der Waals surface area contributed by atoms with E-state index in [1.165, 1.54) is 231 Å². The average molecular weight is 698 g/mol. The highest BCUT2D eigenvalue weighted by Crippen LogP contribution is 2.16. The Morgan fingerprint density at radius 3 is 0.510 bits per heavy atom. The summed E-state index contributed by atoms with van der Waals surface area (Å²) in [6.07, 6.45) is 54.1.